The van der Waals surface area contributed by atoms with Crippen LogP contribution in [0.1, 0.15) is 361 Å². The van der Waals surface area contributed by atoms with E-state index in [4.69, 9.17) is 14.2 Å². The monoisotopic (exact) mass is 1040 g/mol. The van der Waals surface area contributed by atoms with Crippen LogP contribution in [0.4, 0.5) is 0 Å². The van der Waals surface area contributed by atoms with Crippen LogP contribution in [0, 0.1) is 0 Å². The molecular weight excluding hydrogens is 913 g/mol. The van der Waals surface area contributed by atoms with Crippen LogP contribution >= 0.6 is 0 Å². The fourth-order valence-electron chi connectivity index (χ4n) is 9.85. The Morgan fingerprint density at radius 3 is 0.730 bits per heavy atom. The first-order valence-corrected chi connectivity index (χ1v) is 33.0. The first-order chi connectivity index (χ1) is 36.5. The zero-order chi connectivity index (χ0) is 53.6. The summed E-state index contributed by atoms with van der Waals surface area (Å²) in [5.74, 6) is -0.875. The molecule has 1 unspecified atom stereocenters. The predicted octanol–water partition coefficient (Wildman–Crippen LogP) is 22.4. The van der Waals surface area contributed by atoms with Gasteiger partial charge in [-0.15, -0.1) is 0 Å². The van der Waals surface area contributed by atoms with Crippen molar-refractivity contribution in [2.24, 2.45) is 0 Å². The zero-order valence-electron chi connectivity index (χ0n) is 49.9. The van der Waals surface area contributed by atoms with Crippen molar-refractivity contribution in [3.8, 4) is 0 Å². The summed E-state index contributed by atoms with van der Waals surface area (Å²) in [6.07, 6.45) is 77.6. The fraction of sp³-hybridized carbons (Fsp3) is 0.868. The lowest BCUT2D eigenvalue weighted by molar-refractivity contribution is -0.167. The Kier molecular flexibility index (Phi) is 61.1. The van der Waals surface area contributed by atoms with Crippen LogP contribution in [-0.2, 0) is 28.6 Å². The largest absolute Gasteiger partial charge is 0.462 e. The van der Waals surface area contributed by atoms with Crippen molar-refractivity contribution in [2.75, 3.05) is 13.2 Å². The van der Waals surface area contributed by atoms with Crippen LogP contribution < -0.4 is 0 Å². The van der Waals surface area contributed by atoms with E-state index in [1.807, 2.05) is 0 Å². The van der Waals surface area contributed by atoms with Crippen molar-refractivity contribution in [3.63, 3.8) is 0 Å². The molecule has 0 aliphatic carbocycles. The van der Waals surface area contributed by atoms with E-state index in [-0.39, 0.29) is 31.1 Å². The van der Waals surface area contributed by atoms with E-state index >= 15 is 0 Å². The number of carbonyl (C=O) groups excluding carboxylic acids is 3. The average molecular weight is 1040 g/mol. The van der Waals surface area contributed by atoms with Gasteiger partial charge in [0.25, 0.3) is 0 Å². The lowest BCUT2D eigenvalue weighted by Gasteiger charge is -2.18. The molecule has 0 saturated heterocycles. The molecule has 0 amide bonds. The Labute approximate surface area is 461 Å². The van der Waals surface area contributed by atoms with Gasteiger partial charge in [0, 0.05) is 19.3 Å². The minimum atomic E-state index is -0.777. The molecule has 0 rings (SSSR count). The Morgan fingerprint density at radius 2 is 0.473 bits per heavy atom. The van der Waals surface area contributed by atoms with Crippen LogP contribution in [0.2, 0.25) is 0 Å². The second kappa shape index (κ2) is 63.2. The average Bonchev–Trinajstić information content (AvgIpc) is 3.40. The first kappa shape index (κ1) is 71.6. The summed E-state index contributed by atoms with van der Waals surface area (Å²) in [6.45, 7) is 6.61. The van der Waals surface area contributed by atoms with Gasteiger partial charge in [-0.3, -0.25) is 14.4 Å². The predicted molar refractivity (Wildman–Crippen MR) is 321 cm³/mol. The number of esters is 3. The number of hydrogen-bond acceptors (Lipinski definition) is 6. The van der Waals surface area contributed by atoms with Gasteiger partial charge in [0.05, 0.1) is 0 Å². The summed E-state index contributed by atoms with van der Waals surface area (Å²) in [5.41, 5.74) is 0. The van der Waals surface area contributed by atoms with E-state index in [1.165, 1.54) is 244 Å². The second-order valence-corrected chi connectivity index (χ2v) is 22.4. The van der Waals surface area contributed by atoms with Gasteiger partial charge >= 0.3 is 17.9 Å². The molecule has 0 aromatic carbocycles. The normalized spacial score (nSPS) is 12.2. The molecule has 0 saturated carbocycles. The lowest BCUT2D eigenvalue weighted by atomic mass is 10.0. The van der Waals surface area contributed by atoms with Crippen LogP contribution in [0.3, 0.4) is 0 Å². The highest BCUT2D eigenvalue weighted by Crippen LogP contribution is 2.18. The highest BCUT2D eigenvalue weighted by Gasteiger charge is 2.19. The van der Waals surface area contributed by atoms with Crippen molar-refractivity contribution >= 4 is 17.9 Å². The van der Waals surface area contributed by atoms with E-state index in [0.717, 1.165) is 77.0 Å². The number of hydrogen-bond donors (Lipinski definition) is 0. The van der Waals surface area contributed by atoms with E-state index in [1.54, 1.807) is 0 Å². The zero-order valence-corrected chi connectivity index (χ0v) is 49.9. The molecule has 0 aromatic heterocycles. The quantitative estimate of drug-likeness (QED) is 0.0261. The molecular formula is C68H126O6. The minimum absolute atomic E-state index is 0.0744. The molecule has 0 radical (unpaired) electrons. The summed E-state index contributed by atoms with van der Waals surface area (Å²) in [4.78, 5) is 38.1. The SMILES string of the molecule is CCC/C=C\CCCCCCCC(=O)OCC(COC(=O)CCCCCCCCCCCCCCCCCCCCC/C=C\CCCCCCCCCC)OC(=O)CCCCCCC/C=C\CCCCCCCC. The van der Waals surface area contributed by atoms with Gasteiger partial charge in [0.2, 0.25) is 0 Å². The molecule has 0 aliphatic rings. The molecule has 74 heavy (non-hydrogen) atoms. The molecule has 0 aliphatic heterocycles. The third kappa shape index (κ3) is 60.5. The lowest BCUT2D eigenvalue weighted by Crippen LogP contribution is -2.30. The Hall–Kier alpha value is -2.37. The third-order valence-electron chi connectivity index (χ3n) is 14.8. The van der Waals surface area contributed by atoms with Gasteiger partial charge in [0.15, 0.2) is 6.10 Å². The molecule has 434 valence electrons. The standard InChI is InChI=1S/C68H126O6/c1-4-7-10-13-16-19-22-24-26-27-28-29-30-31-32-33-34-35-36-37-38-39-40-41-43-44-46-49-52-55-58-61-67(70)73-64-65(63-72-66(69)60-57-54-51-48-21-18-15-12-9-6-3)74-68(71)62-59-56-53-50-47-45-42-25-23-20-17-14-11-8-5-2/h12,15,25,27-28,42,65H,4-11,13-14,16-24,26,29-41,43-64H2,1-3H3/b15-12-,28-27-,42-25-. The Morgan fingerprint density at radius 1 is 0.257 bits per heavy atom. The molecule has 0 heterocycles. The van der Waals surface area contributed by atoms with Crippen LogP contribution in [-0.4, -0.2) is 37.2 Å². The van der Waals surface area contributed by atoms with Crippen LogP contribution in [0.25, 0.3) is 0 Å². The van der Waals surface area contributed by atoms with Gasteiger partial charge in [-0.25, -0.2) is 0 Å². The van der Waals surface area contributed by atoms with Gasteiger partial charge in [-0.05, 0) is 89.9 Å². The number of carbonyl (C=O) groups is 3. The smallest absolute Gasteiger partial charge is 0.306 e. The second-order valence-electron chi connectivity index (χ2n) is 22.4. The van der Waals surface area contributed by atoms with E-state index < -0.39 is 6.10 Å². The van der Waals surface area contributed by atoms with Crippen molar-refractivity contribution in [2.45, 2.75) is 367 Å². The van der Waals surface area contributed by atoms with Crippen LogP contribution in [0.5, 0.6) is 0 Å². The fourth-order valence-corrected chi connectivity index (χ4v) is 9.85. The molecule has 0 N–H and O–H groups in total. The maximum atomic E-state index is 12.8. The molecule has 0 bridgehead atoms. The maximum Gasteiger partial charge on any atom is 0.306 e. The molecule has 1 atom stereocenters. The number of rotatable bonds is 61. The molecule has 0 spiro atoms. The minimum Gasteiger partial charge on any atom is -0.462 e. The maximum absolute atomic E-state index is 12.8. The van der Waals surface area contributed by atoms with Gasteiger partial charge in [0.1, 0.15) is 13.2 Å². The van der Waals surface area contributed by atoms with Crippen molar-refractivity contribution in [1.29, 1.82) is 0 Å². The van der Waals surface area contributed by atoms with Crippen molar-refractivity contribution < 1.29 is 28.6 Å². The van der Waals surface area contributed by atoms with Crippen molar-refractivity contribution in [3.05, 3.63) is 36.5 Å². The van der Waals surface area contributed by atoms with Crippen LogP contribution in [0.15, 0.2) is 36.5 Å². The number of unbranched alkanes of at least 4 members (excludes halogenated alkanes) is 44. The summed E-state index contributed by atoms with van der Waals surface area (Å²) >= 11 is 0. The van der Waals surface area contributed by atoms with Gasteiger partial charge < -0.3 is 14.2 Å². The molecule has 0 aromatic rings. The molecule has 0 fully saturated rings. The summed E-state index contributed by atoms with van der Waals surface area (Å²) in [6, 6.07) is 0. The van der Waals surface area contributed by atoms with E-state index in [9.17, 15) is 14.4 Å². The highest BCUT2D eigenvalue weighted by molar-refractivity contribution is 5.71. The summed E-state index contributed by atoms with van der Waals surface area (Å²) < 4.78 is 16.9. The number of ether oxygens (including phenoxy) is 3. The van der Waals surface area contributed by atoms with Gasteiger partial charge in [-0.1, -0.05) is 288 Å². The summed E-state index contributed by atoms with van der Waals surface area (Å²) in [7, 11) is 0. The van der Waals surface area contributed by atoms with Crippen molar-refractivity contribution in [1.82, 2.24) is 0 Å². The Bertz CT molecular complexity index is 1240. The number of allylic oxidation sites excluding steroid dienone is 6. The highest BCUT2D eigenvalue weighted by atomic mass is 16.6. The first-order valence-electron chi connectivity index (χ1n) is 33.0. The summed E-state index contributed by atoms with van der Waals surface area (Å²) in [5, 5.41) is 0. The topological polar surface area (TPSA) is 78.9 Å². The molecule has 6 heteroatoms. The Balaban J connectivity index is 4.06. The van der Waals surface area contributed by atoms with E-state index in [2.05, 4.69) is 57.2 Å². The third-order valence-corrected chi connectivity index (χ3v) is 14.8. The van der Waals surface area contributed by atoms with E-state index in [0.29, 0.717) is 19.3 Å². The molecule has 6 nitrogen and oxygen atoms in total. The van der Waals surface area contributed by atoms with Gasteiger partial charge in [-0.2, -0.15) is 0 Å².